The summed E-state index contributed by atoms with van der Waals surface area (Å²) in [5, 5.41) is 3.28. The molecule has 22 heavy (non-hydrogen) atoms. The third-order valence-corrected chi connectivity index (χ3v) is 4.02. The molecule has 4 heteroatoms. The summed E-state index contributed by atoms with van der Waals surface area (Å²) in [4.78, 5) is 18.7. The number of para-hydroxylation sites is 1. The molecule has 0 saturated heterocycles. The quantitative estimate of drug-likeness (QED) is 0.862. The number of carbonyl (C=O) groups excluding carboxylic acids is 1. The average Bonchev–Trinajstić information content (AvgIpc) is 2.88. The van der Waals surface area contributed by atoms with Gasteiger partial charge in [0.15, 0.2) is 0 Å². The molecule has 1 amide bonds. The molecule has 1 aromatic carbocycles. The van der Waals surface area contributed by atoms with Gasteiger partial charge in [-0.25, -0.2) is 0 Å². The standard InChI is InChI=1S/C18H21N3O/c1-14-12-15-6-2-3-8-17(15)21(14)18(22)9-11-19-13-16-7-4-5-10-20-16/h2-8,10,14,19H,9,11-13H2,1H3. The summed E-state index contributed by atoms with van der Waals surface area (Å²) in [5.74, 6) is 0.186. The first-order valence-corrected chi connectivity index (χ1v) is 7.76. The Morgan fingerprint density at radius 1 is 1.27 bits per heavy atom. The summed E-state index contributed by atoms with van der Waals surface area (Å²) in [6, 6.07) is 14.3. The van der Waals surface area contributed by atoms with Crippen molar-refractivity contribution in [3.8, 4) is 0 Å². The van der Waals surface area contributed by atoms with Crippen LogP contribution in [0.3, 0.4) is 0 Å². The topological polar surface area (TPSA) is 45.2 Å². The van der Waals surface area contributed by atoms with Gasteiger partial charge in [0.25, 0.3) is 0 Å². The van der Waals surface area contributed by atoms with E-state index in [9.17, 15) is 4.79 Å². The van der Waals surface area contributed by atoms with E-state index in [0.717, 1.165) is 17.8 Å². The Morgan fingerprint density at radius 2 is 2.09 bits per heavy atom. The summed E-state index contributed by atoms with van der Waals surface area (Å²) in [6.07, 6.45) is 3.24. The maximum absolute atomic E-state index is 12.5. The Kier molecular flexibility index (Phi) is 4.49. The van der Waals surface area contributed by atoms with Crippen molar-refractivity contribution in [3.63, 3.8) is 0 Å². The Hall–Kier alpha value is -2.20. The predicted octanol–water partition coefficient (Wildman–Crippen LogP) is 2.54. The number of benzene rings is 1. The highest BCUT2D eigenvalue weighted by atomic mass is 16.2. The van der Waals surface area contributed by atoms with E-state index in [0.29, 0.717) is 19.5 Å². The van der Waals surface area contributed by atoms with Gasteiger partial charge in [-0.3, -0.25) is 9.78 Å². The minimum atomic E-state index is 0.186. The largest absolute Gasteiger partial charge is 0.311 e. The number of nitrogens with one attached hydrogen (secondary N) is 1. The summed E-state index contributed by atoms with van der Waals surface area (Å²) in [7, 11) is 0. The van der Waals surface area contributed by atoms with Crippen LogP contribution >= 0.6 is 0 Å². The number of nitrogens with zero attached hydrogens (tertiary/aromatic N) is 2. The van der Waals surface area contributed by atoms with Crippen molar-refractivity contribution in [2.24, 2.45) is 0 Å². The van der Waals surface area contributed by atoms with Gasteiger partial charge in [0.1, 0.15) is 0 Å². The minimum absolute atomic E-state index is 0.186. The number of fused-ring (bicyclic) bond motifs is 1. The summed E-state index contributed by atoms with van der Waals surface area (Å²) in [6.45, 7) is 3.47. The number of anilines is 1. The lowest BCUT2D eigenvalue weighted by Crippen LogP contribution is -2.37. The van der Waals surface area contributed by atoms with Crippen molar-refractivity contribution in [3.05, 3.63) is 59.9 Å². The van der Waals surface area contributed by atoms with Crippen LogP contribution in [0.25, 0.3) is 0 Å². The second-order valence-electron chi connectivity index (χ2n) is 5.69. The Bertz CT molecular complexity index is 642. The Labute approximate surface area is 131 Å². The van der Waals surface area contributed by atoms with Crippen molar-refractivity contribution >= 4 is 11.6 Å². The lowest BCUT2D eigenvalue weighted by molar-refractivity contribution is -0.118. The molecular formula is C18H21N3O. The van der Waals surface area contributed by atoms with Gasteiger partial charge in [0.2, 0.25) is 5.91 Å². The molecule has 0 saturated carbocycles. The fraction of sp³-hybridized carbons (Fsp3) is 0.333. The SMILES string of the molecule is CC1Cc2ccccc2N1C(=O)CCNCc1ccccn1. The molecular weight excluding hydrogens is 274 g/mol. The molecule has 4 nitrogen and oxygen atoms in total. The van der Waals surface area contributed by atoms with Gasteiger partial charge < -0.3 is 10.2 Å². The predicted molar refractivity (Wildman–Crippen MR) is 87.7 cm³/mol. The number of carbonyl (C=O) groups is 1. The van der Waals surface area contributed by atoms with Crippen LogP contribution in [0.15, 0.2) is 48.7 Å². The van der Waals surface area contributed by atoms with E-state index < -0.39 is 0 Å². The van der Waals surface area contributed by atoms with Crippen LogP contribution in [0.5, 0.6) is 0 Å². The molecule has 1 N–H and O–H groups in total. The summed E-state index contributed by atoms with van der Waals surface area (Å²) < 4.78 is 0. The van der Waals surface area contributed by atoms with Crippen LogP contribution in [-0.2, 0) is 17.8 Å². The van der Waals surface area contributed by atoms with Crippen molar-refractivity contribution in [2.75, 3.05) is 11.4 Å². The summed E-state index contributed by atoms with van der Waals surface area (Å²) in [5.41, 5.74) is 3.34. The maximum atomic E-state index is 12.5. The molecule has 2 aromatic rings. The van der Waals surface area contributed by atoms with E-state index in [-0.39, 0.29) is 11.9 Å². The molecule has 114 valence electrons. The zero-order valence-corrected chi connectivity index (χ0v) is 12.8. The van der Waals surface area contributed by atoms with Crippen molar-refractivity contribution in [2.45, 2.75) is 32.4 Å². The Balaban J connectivity index is 1.52. The van der Waals surface area contributed by atoms with E-state index in [1.54, 1.807) is 6.20 Å². The first-order chi connectivity index (χ1) is 10.8. The van der Waals surface area contributed by atoms with Crippen molar-refractivity contribution in [1.29, 1.82) is 0 Å². The second-order valence-corrected chi connectivity index (χ2v) is 5.69. The third kappa shape index (κ3) is 3.17. The molecule has 0 aliphatic carbocycles. The normalized spacial score (nSPS) is 16.6. The van der Waals surface area contributed by atoms with Crippen molar-refractivity contribution in [1.82, 2.24) is 10.3 Å². The van der Waals surface area contributed by atoms with Gasteiger partial charge >= 0.3 is 0 Å². The van der Waals surface area contributed by atoms with Crippen LogP contribution < -0.4 is 10.2 Å². The highest BCUT2D eigenvalue weighted by Gasteiger charge is 2.29. The van der Waals surface area contributed by atoms with Gasteiger partial charge in [-0.2, -0.15) is 0 Å². The molecule has 0 fully saturated rings. The second kappa shape index (κ2) is 6.71. The number of hydrogen-bond donors (Lipinski definition) is 1. The fourth-order valence-corrected chi connectivity index (χ4v) is 2.98. The van der Waals surface area contributed by atoms with Crippen LogP contribution in [0, 0.1) is 0 Å². The zero-order valence-electron chi connectivity index (χ0n) is 12.8. The zero-order chi connectivity index (χ0) is 15.4. The molecule has 1 aromatic heterocycles. The van der Waals surface area contributed by atoms with Crippen LogP contribution in [-0.4, -0.2) is 23.5 Å². The number of pyridine rings is 1. The van der Waals surface area contributed by atoms with Gasteiger partial charge in [0, 0.05) is 37.4 Å². The lowest BCUT2D eigenvalue weighted by atomic mass is 10.1. The third-order valence-electron chi connectivity index (χ3n) is 4.02. The van der Waals surface area contributed by atoms with Crippen molar-refractivity contribution < 1.29 is 4.79 Å². The first kappa shape index (κ1) is 14.7. The first-order valence-electron chi connectivity index (χ1n) is 7.76. The van der Waals surface area contributed by atoms with Crippen LogP contribution in [0.2, 0.25) is 0 Å². The highest BCUT2D eigenvalue weighted by Crippen LogP contribution is 2.32. The summed E-state index contributed by atoms with van der Waals surface area (Å²) >= 11 is 0. The number of hydrogen-bond acceptors (Lipinski definition) is 3. The Morgan fingerprint density at radius 3 is 2.91 bits per heavy atom. The minimum Gasteiger partial charge on any atom is -0.311 e. The monoisotopic (exact) mass is 295 g/mol. The van der Waals surface area contributed by atoms with Crippen LogP contribution in [0.1, 0.15) is 24.6 Å². The number of rotatable bonds is 5. The molecule has 1 atom stereocenters. The molecule has 0 bridgehead atoms. The average molecular weight is 295 g/mol. The van der Waals surface area contributed by atoms with Gasteiger partial charge in [0.05, 0.1) is 5.69 Å². The van der Waals surface area contributed by atoms with E-state index in [2.05, 4.69) is 23.3 Å². The molecule has 1 unspecified atom stereocenters. The molecule has 1 aliphatic heterocycles. The fourth-order valence-electron chi connectivity index (χ4n) is 2.98. The van der Waals surface area contributed by atoms with Gasteiger partial charge in [-0.1, -0.05) is 24.3 Å². The van der Waals surface area contributed by atoms with Gasteiger partial charge in [-0.15, -0.1) is 0 Å². The number of amides is 1. The molecule has 0 spiro atoms. The highest BCUT2D eigenvalue weighted by molar-refractivity contribution is 5.96. The number of aromatic nitrogens is 1. The van der Waals surface area contributed by atoms with Gasteiger partial charge in [-0.05, 0) is 37.1 Å². The molecule has 1 aliphatic rings. The van der Waals surface area contributed by atoms with E-state index in [4.69, 9.17) is 0 Å². The molecule has 3 rings (SSSR count). The smallest absolute Gasteiger partial charge is 0.228 e. The molecule has 2 heterocycles. The van der Waals surface area contributed by atoms with E-state index in [1.165, 1.54) is 5.56 Å². The maximum Gasteiger partial charge on any atom is 0.228 e. The molecule has 0 radical (unpaired) electrons. The lowest BCUT2D eigenvalue weighted by Gasteiger charge is -2.22. The van der Waals surface area contributed by atoms with Crippen LogP contribution in [0.4, 0.5) is 5.69 Å². The van der Waals surface area contributed by atoms with E-state index >= 15 is 0 Å². The van der Waals surface area contributed by atoms with E-state index in [1.807, 2.05) is 41.3 Å².